The molecule has 5 aromatic rings. The largest absolute Gasteiger partial charge is 0.433 e. The van der Waals surface area contributed by atoms with Gasteiger partial charge >= 0.3 is 6.18 Å². The number of hydrogen-bond donors (Lipinski definition) is 1. The summed E-state index contributed by atoms with van der Waals surface area (Å²) in [7, 11) is 0. The van der Waals surface area contributed by atoms with Gasteiger partial charge in [-0.2, -0.15) is 18.3 Å². The Morgan fingerprint density at radius 1 is 0.921 bits per heavy atom. The molecule has 11 heteroatoms. The highest BCUT2D eigenvalue weighted by atomic mass is 19.4. The molecule has 0 saturated carbocycles. The van der Waals surface area contributed by atoms with Crippen molar-refractivity contribution in [3.63, 3.8) is 0 Å². The van der Waals surface area contributed by atoms with Crippen LogP contribution >= 0.6 is 0 Å². The molecule has 0 radical (unpaired) electrons. The van der Waals surface area contributed by atoms with Crippen LogP contribution in [-0.2, 0) is 6.18 Å². The lowest BCUT2D eigenvalue weighted by Crippen LogP contribution is -2.16. The van der Waals surface area contributed by atoms with E-state index in [1.807, 2.05) is 6.07 Å². The van der Waals surface area contributed by atoms with Crippen molar-refractivity contribution in [1.82, 2.24) is 29.9 Å². The van der Waals surface area contributed by atoms with Crippen LogP contribution < -0.4 is 5.32 Å². The summed E-state index contributed by atoms with van der Waals surface area (Å²) in [6, 6.07) is 17.1. The molecule has 0 bridgehead atoms. The molecular weight excluding hydrogens is 495 g/mol. The lowest BCUT2D eigenvalue weighted by Gasteiger charge is -2.10. The monoisotopic (exact) mass is 511 g/mol. The molecule has 186 valence electrons. The maximum Gasteiger partial charge on any atom is 0.433 e. The normalized spacial score (nSPS) is 11.1. The number of alkyl halides is 3. The summed E-state index contributed by atoms with van der Waals surface area (Å²) in [4.78, 5) is 20.9. The molecule has 0 aliphatic carbocycles. The van der Waals surface area contributed by atoms with Crippen molar-refractivity contribution >= 4 is 11.7 Å². The van der Waals surface area contributed by atoms with Gasteiger partial charge in [-0.1, -0.05) is 24.1 Å². The summed E-state index contributed by atoms with van der Waals surface area (Å²) < 4.78 is 41.8. The molecule has 0 spiro atoms. The van der Waals surface area contributed by atoms with E-state index in [4.69, 9.17) is 6.42 Å². The van der Waals surface area contributed by atoms with Gasteiger partial charge in [0.1, 0.15) is 5.69 Å². The molecule has 8 nitrogen and oxygen atoms in total. The average Bonchev–Trinajstić information content (AvgIpc) is 3.41. The Hall–Kier alpha value is -5.37. The number of hydrogen-bond acceptors (Lipinski definition) is 6. The average molecular weight is 511 g/mol. The Labute approximate surface area is 214 Å². The second-order valence-corrected chi connectivity index (χ2v) is 7.95. The Kier molecular flexibility index (Phi) is 6.37. The molecule has 0 aliphatic heterocycles. The number of pyridine rings is 2. The second kappa shape index (κ2) is 9.94. The van der Waals surface area contributed by atoms with Gasteiger partial charge in [0.05, 0.1) is 5.69 Å². The van der Waals surface area contributed by atoms with Crippen molar-refractivity contribution in [3.8, 4) is 40.5 Å². The molecule has 38 heavy (non-hydrogen) atoms. The lowest BCUT2D eigenvalue weighted by molar-refractivity contribution is -0.142. The van der Waals surface area contributed by atoms with Crippen LogP contribution in [0.2, 0.25) is 0 Å². The van der Waals surface area contributed by atoms with Gasteiger partial charge in [0.15, 0.2) is 17.3 Å². The molecule has 4 aromatic heterocycles. The summed E-state index contributed by atoms with van der Waals surface area (Å²) in [6.45, 7) is 0. The number of carbonyl (C=O) groups is 1. The van der Waals surface area contributed by atoms with E-state index in [-0.39, 0.29) is 17.3 Å². The predicted molar refractivity (Wildman–Crippen MR) is 133 cm³/mol. The number of amides is 1. The van der Waals surface area contributed by atoms with Crippen LogP contribution in [0.4, 0.5) is 19.0 Å². The molecule has 1 N–H and O–H groups in total. The molecular formula is C27H16F3N7O. The number of aromatic nitrogens is 6. The minimum absolute atomic E-state index is 0.0531. The Bertz CT molecular complexity index is 1640. The van der Waals surface area contributed by atoms with Gasteiger partial charge in [0, 0.05) is 35.3 Å². The zero-order valence-corrected chi connectivity index (χ0v) is 19.4. The number of benzene rings is 1. The number of anilines is 1. The van der Waals surface area contributed by atoms with Gasteiger partial charge in [0.2, 0.25) is 0 Å². The van der Waals surface area contributed by atoms with E-state index in [0.29, 0.717) is 21.5 Å². The van der Waals surface area contributed by atoms with Gasteiger partial charge in [-0.15, -0.1) is 16.6 Å². The molecule has 1 amide bonds. The fraction of sp³-hybridized carbons (Fsp3) is 0.0370. The van der Waals surface area contributed by atoms with Gasteiger partial charge in [-0.25, -0.2) is 9.67 Å². The number of nitrogens with zero attached hydrogens (tertiary/aromatic N) is 6. The van der Waals surface area contributed by atoms with Crippen molar-refractivity contribution in [2.45, 2.75) is 6.18 Å². The fourth-order valence-electron chi connectivity index (χ4n) is 3.60. The Morgan fingerprint density at radius 3 is 2.42 bits per heavy atom. The summed E-state index contributed by atoms with van der Waals surface area (Å²) in [5.74, 6) is 1.85. The highest BCUT2D eigenvalue weighted by Crippen LogP contribution is 2.33. The highest BCUT2D eigenvalue weighted by molar-refractivity contribution is 6.04. The van der Waals surface area contributed by atoms with Crippen molar-refractivity contribution < 1.29 is 18.0 Å². The van der Waals surface area contributed by atoms with Crippen LogP contribution in [0.1, 0.15) is 21.7 Å². The maximum absolute atomic E-state index is 13.7. The summed E-state index contributed by atoms with van der Waals surface area (Å²) in [5.41, 5.74) is 1.82. The van der Waals surface area contributed by atoms with E-state index in [0.717, 1.165) is 17.2 Å². The van der Waals surface area contributed by atoms with Gasteiger partial charge in [-0.3, -0.25) is 9.78 Å². The van der Waals surface area contributed by atoms with E-state index >= 15 is 0 Å². The summed E-state index contributed by atoms with van der Waals surface area (Å²) in [6.07, 6.45) is 5.18. The third-order valence-electron chi connectivity index (χ3n) is 5.44. The number of rotatable bonds is 5. The third kappa shape index (κ3) is 5.10. The molecule has 0 atom stereocenters. The molecule has 0 fully saturated rings. The van der Waals surface area contributed by atoms with E-state index < -0.39 is 17.8 Å². The SMILES string of the molecule is C#Cc1ccc(-c2cccc(C(=O)Nc3ccc(-n4nc(-c5cccnc5)cc4C(F)(F)F)nn3)c2)cn1. The number of carbonyl (C=O) groups excluding carboxylic acids is 1. The first-order valence-electron chi connectivity index (χ1n) is 11.1. The smallest absolute Gasteiger partial charge is 0.305 e. The first kappa shape index (κ1) is 24.3. The van der Waals surface area contributed by atoms with Crippen LogP contribution in [-0.4, -0.2) is 35.9 Å². The highest BCUT2D eigenvalue weighted by Gasteiger charge is 2.37. The summed E-state index contributed by atoms with van der Waals surface area (Å²) in [5, 5.41) is 14.4. The number of nitrogens with one attached hydrogen (secondary N) is 1. The Balaban J connectivity index is 1.37. The minimum Gasteiger partial charge on any atom is -0.305 e. The molecule has 0 saturated heterocycles. The van der Waals surface area contributed by atoms with E-state index in [1.54, 1.807) is 48.7 Å². The van der Waals surface area contributed by atoms with Crippen LogP contribution in [0.25, 0.3) is 28.2 Å². The van der Waals surface area contributed by atoms with Gasteiger partial charge in [-0.05, 0) is 54.1 Å². The van der Waals surface area contributed by atoms with Crippen LogP contribution in [0, 0.1) is 12.3 Å². The first-order valence-corrected chi connectivity index (χ1v) is 11.1. The molecule has 0 unspecified atom stereocenters. The van der Waals surface area contributed by atoms with Crippen LogP contribution in [0.5, 0.6) is 0 Å². The van der Waals surface area contributed by atoms with Crippen LogP contribution in [0.15, 0.2) is 85.3 Å². The van der Waals surface area contributed by atoms with Crippen molar-refractivity contribution in [2.24, 2.45) is 0 Å². The van der Waals surface area contributed by atoms with Crippen molar-refractivity contribution in [2.75, 3.05) is 5.32 Å². The quantitative estimate of drug-likeness (QED) is 0.332. The maximum atomic E-state index is 13.7. The van der Waals surface area contributed by atoms with Crippen molar-refractivity contribution in [1.29, 1.82) is 0 Å². The van der Waals surface area contributed by atoms with Gasteiger partial charge in [0.25, 0.3) is 5.91 Å². The molecule has 5 rings (SSSR count). The lowest BCUT2D eigenvalue weighted by atomic mass is 10.0. The van der Waals surface area contributed by atoms with E-state index in [1.165, 1.54) is 24.5 Å². The van der Waals surface area contributed by atoms with Crippen molar-refractivity contribution in [3.05, 3.63) is 102 Å². The van der Waals surface area contributed by atoms with E-state index in [2.05, 4.69) is 36.5 Å². The number of halogens is 3. The summed E-state index contributed by atoms with van der Waals surface area (Å²) >= 11 is 0. The third-order valence-corrected chi connectivity index (χ3v) is 5.44. The van der Waals surface area contributed by atoms with E-state index in [9.17, 15) is 18.0 Å². The predicted octanol–water partition coefficient (Wildman–Crippen LogP) is 5.04. The fourth-order valence-corrected chi connectivity index (χ4v) is 3.60. The first-order chi connectivity index (χ1) is 18.3. The molecule has 0 aliphatic rings. The number of terminal acetylenes is 1. The van der Waals surface area contributed by atoms with Crippen LogP contribution in [0.3, 0.4) is 0 Å². The Morgan fingerprint density at radius 2 is 1.76 bits per heavy atom. The molecule has 4 heterocycles. The zero-order valence-electron chi connectivity index (χ0n) is 19.4. The standard InChI is InChI=1S/C27H16F3N7O/c1-2-21-9-8-19(16-32-21)17-5-3-6-18(13-17)26(38)33-24-10-11-25(35-34-24)37-23(27(28,29)30)14-22(36-37)20-7-4-12-31-15-20/h1,3-16H,(H,33,34,38). The zero-order chi connectivity index (χ0) is 26.7. The molecule has 1 aromatic carbocycles. The minimum atomic E-state index is -4.69. The second-order valence-electron chi connectivity index (χ2n) is 7.95. The van der Waals surface area contributed by atoms with Gasteiger partial charge < -0.3 is 5.32 Å². The topological polar surface area (TPSA) is 98.5 Å².